The summed E-state index contributed by atoms with van der Waals surface area (Å²) in [6.07, 6.45) is 3.33. The number of aromatic nitrogens is 5. The van der Waals surface area contributed by atoms with Gasteiger partial charge in [-0.05, 0) is 64.6 Å². The van der Waals surface area contributed by atoms with E-state index in [0.29, 0.717) is 59.2 Å². The first kappa shape index (κ1) is 29.2. The second-order valence-corrected chi connectivity index (χ2v) is 10.5. The van der Waals surface area contributed by atoms with Gasteiger partial charge in [-0.2, -0.15) is 0 Å². The maximum atomic E-state index is 6.07. The van der Waals surface area contributed by atoms with Crippen molar-refractivity contribution in [3.63, 3.8) is 0 Å². The van der Waals surface area contributed by atoms with Gasteiger partial charge in [-0.15, -0.1) is 0 Å². The maximum absolute atomic E-state index is 6.07. The molecule has 0 saturated heterocycles. The van der Waals surface area contributed by atoms with E-state index in [1.165, 1.54) is 0 Å². The molecule has 0 unspecified atom stereocenters. The van der Waals surface area contributed by atoms with E-state index in [-0.39, 0.29) is 0 Å². The molecule has 0 amide bonds. The summed E-state index contributed by atoms with van der Waals surface area (Å²) in [7, 11) is 8.22. The van der Waals surface area contributed by atoms with Crippen molar-refractivity contribution in [1.82, 2.24) is 45.4 Å². The van der Waals surface area contributed by atoms with Gasteiger partial charge in [0.15, 0.2) is 11.5 Å². The van der Waals surface area contributed by atoms with Crippen LogP contribution in [0.4, 0.5) is 0 Å². The van der Waals surface area contributed by atoms with Crippen LogP contribution in [-0.2, 0) is 13.1 Å². The van der Waals surface area contributed by atoms with Crippen LogP contribution < -0.4 is 10.6 Å². The van der Waals surface area contributed by atoms with Gasteiger partial charge in [0.1, 0.15) is 22.8 Å². The lowest BCUT2D eigenvalue weighted by Crippen LogP contribution is -2.26. The first-order chi connectivity index (χ1) is 20.4. The predicted molar refractivity (Wildman–Crippen MR) is 162 cm³/mol. The normalized spacial score (nSPS) is 11.6. The zero-order chi connectivity index (χ0) is 29.3. The van der Waals surface area contributed by atoms with Crippen molar-refractivity contribution in [2.45, 2.75) is 13.1 Å². The molecule has 0 aromatic carbocycles. The number of nitrogens with one attached hydrogen (secondary N) is 2. The number of hydrogen-bond acceptors (Lipinski definition) is 11. The Bertz CT molecular complexity index is 1460. The Kier molecular flexibility index (Phi) is 9.78. The molecule has 0 aliphatic carbocycles. The molecule has 5 aromatic rings. The van der Waals surface area contributed by atoms with Crippen molar-refractivity contribution in [3.8, 4) is 46.1 Å². The summed E-state index contributed by atoms with van der Waals surface area (Å²) in [5.74, 6) is 1.96. The fourth-order valence-electron chi connectivity index (χ4n) is 4.16. The van der Waals surface area contributed by atoms with Crippen LogP contribution in [0.3, 0.4) is 0 Å². The molecule has 0 spiro atoms. The molecule has 0 bridgehead atoms. The van der Waals surface area contributed by atoms with Crippen molar-refractivity contribution in [3.05, 3.63) is 78.4 Å². The third kappa shape index (κ3) is 7.92. The number of rotatable bonds is 14. The minimum Gasteiger partial charge on any atom is -0.433 e. The quantitative estimate of drug-likeness (QED) is 0.191. The first-order valence-corrected chi connectivity index (χ1v) is 14.0. The number of oxazole rings is 2. The topological polar surface area (TPSA) is 121 Å². The molecule has 0 radical (unpaired) electrons. The van der Waals surface area contributed by atoms with Crippen molar-refractivity contribution >= 4 is 0 Å². The van der Waals surface area contributed by atoms with Gasteiger partial charge < -0.3 is 29.3 Å². The average molecular weight is 568 g/mol. The fraction of sp³-hybridized carbons (Fsp3) is 0.323. The zero-order valence-corrected chi connectivity index (χ0v) is 24.5. The highest BCUT2D eigenvalue weighted by Gasteiger charge is 2.15. The lowest BCUT2D eigenvalue weighted by molar-refractivity contribution is 0.399. The number of likely N-dealkylation sites (N-methyl/N-ethyl adjacent to an activating group) is 2. The molecule has 0 saturated carbocycles. The summed E-state index contributed by atoms with van der Waals surface area (Å²) in [4.78, 5) is 27.4. The van der Waals surface area contributed by atoms with E-state index in [1.807, 2.05) is 54.6 Å². The van der Waals surface area contributed by atoms with Crippen molar-refractivity contribution in [2.75, 3.05) is 54.4 Å². The molecule has 218 valence electrons. The standard InChI is InChI=1S/C31H37N9O2/c1-39(2)16-14-32-18-22-8-5-12-26(36-22)30-34-20-28(41-30)24-10-7-11-25(38-24)29-21-35-31(42-29)27-13-6-9-23(37-27)19-33-15-17-40(3)4/h5-13,20-21,32-33H,14-19H2,1-4H3. The molecule has 2 N–H and O–H groups in total. The van der Waals surface area contributed by atoms with Crippen LogP contribution in [0.5, 0.6) is 0 Å². The number of nitrogens with zero attached hydrogens (tertiary/aromatic N) is 7. The Hall–Kier alpha value is -4.29. The fourth-order valence-corrected chi connectivity index (χ4v) is 4.16. The van der Waals surface area contributed by atoms with Gasteiger partial charge in [-0.3, -0.25) is 0 Å². The van der Waals surface area contributed by atoms with Crippen LogP contribution >= 0.6 is 0 Å². The van der Waals surface area contributed by atoms with Crippen LogP contribution in [0.2, 0.25) is 0 Å². The Balaban J connectivity index is 1.26. The molecule has 11 heteroatoms. The molecule has 5 rings (SSSR count). The maximum Gasteiger partial charge on any atom is 0.245 e. The van der Waals surface area contributed by atoms with Crippen LogP contribution in [0.15, 0.2) is 75.8 Å². The second kappa shape index (κ2) is 14.1. The minimum atomic E-state index is 0.441. The molecular weight excluding hydrogens is 530 g/mol. The van der Waals surface area contributed by atoms with Crippen LogP contribution in [0.1, 0.15) is 11.4 Å². The molecule has 5 heterocycles. The van der Waals surface area contributed by atoms with Crippen molar-refractivity contribution < 1.29 is 8.83 Å². The monoisotopic (exact) mass is 567 g/mol. The highest BCUT2D eigenvalue weighted by atomic mass is 16.4. The summed E-state index contributed by atoms with van der Waals surface area (Å²) in [5, 5.41) is 6.81. The van der Waals surface area contributed by atoms with Gasteiger partial charge in [0.25, 0.3) is 0 Å². The lowest BCUT2D eigenvalue weighted by Gasteiger charge is -2.10. The smallest absolute Gasteiger partial charge is 0.245 e. The first-order valence-electron chi connectivity index (χ1n) is 14.0. The van der Waals surface area contributed by atoms with Crippen molar-refractivity contribution in [2.24, 2.45) is 0 Å². The van der Waals surface area contributed by atoms with E-state index in [4.69, 9.17) is 23.8 Å². The number of pyridine rings is 3. The van der Waals surface area contributed by atoms with Gasteiger partial charge in [-0.1, -0.05) is 18.2 Å². The van der Waals surface area contributed by atoms with E-state index in [0.717, 1.165) is 37.6 Å². The zero-order valence-electron chi connectivity index (χ0n) is 24.5. The van der Waals surface area contributed by atoms with Gasteiger partial charge in [0.2, 0.25) is 11.8 Å². The summed E-state index contributed by atoms with van der Waals surface area (Å²) in [6, 6.07) is 17.3. The van der Waals surface area contributed by atoms with E-state index in [9.17, 15) is 0 Å². The number of hydrogen-bond donors (Lipinski definition) is 2. The largest absolute Gasteiger partial charge is 0.433 e. The van der Waals surface area contributed by atoms with Gasteiger partial charge in [0.05, 0.1) is 23.8 Å². The van der Waals surface area contributed by atoms with E-state index >= 15 is 0 Å². The third-order valence-corrected chi connectivity index (χ3v) is 6.40. The average Bonchev–Trinajstić information content (AvgIpc) is 3.69. The highest BCUT2D eigenvalue weighted by molar-refractivity contribution is 5.62. The molecule has 42 heavy (non-hydrogen) atoms. The van der Waals surface area contributed by atoms with Crippen LogP contribution in [-0.4, -0.2) is 89.1 Å². The third-order valence-electron chi connectivity index (χ3n) is 6.40. The van der Waals surface area contributed by atoms with Gasteiger partial charge in [0, 0.05) is 39.3 Å². The predicted octanol–water partition coefficient (Wildman–Crippen LogP) is 3.82. The Labute approximate surface area is 246 Å². The van der Waals surface area contributed by atoms with Gasteiger partial charge in [-0.25, -0.2) is 24.9 Å². The molecular formula is C31H37N9O2. The molecule has 0 fully saturated rings. The molecule has 0 aliphatic rings. The summed E-state index contributed by atoms with van der Waals surface area (Å²) in [6.45, 7) is 5.03. The van der Waals surface area contributed by atoms with Crippen LogP contribution in [0, 0.1) is 0 Å². The summed E-state index contributed by atoms with van der Waals surface area (Å²) >= 11 is 0. The molecule has 11 nitrogen and oxygen atoms in total. The second-order valence-electron chi connectivity index (χ2n) is 10.5. The molecule has 0 aliphatic heterocycles. The van der Waals surface area contributed by atoms with E-state index in [1.54, 1.807) is 12.4 Å². The van der Waals surface area contributed by atoms with E-state index in [2.05, 4.69) is 58.6 Å². The van der Waals surface area contributed by atoms with E-state index < -0.39 is 0 Å². The van der Waals surface area contributed by atoms with Gasteiger partial charge >= 0.3 is 0 Å². The summed E-state index contributed by atoms with van der Waals surface area (Å²) in [5.41, 5.74) is 4.46. The summed E-state index contributed by atoms with van der Waals surface area (Å²) < 4.78 is 12.1. The van der Waals surface area contributed by atoms with Crippen molar-refractivity contribution in [1.29, 1.82) is 0 Å². The Morgan fingerprint density at radius 2 is 1.00 bits per heavy atom. The SMILES string of the molecule is CN(C)CCNCc1cccc(-c2ncc(-c3cccc(-c4cnc(-c5cccc(CNCCN(C)C)n5)o4)n3)o2)n1. The lowest BCUT2D eigenvalue weighted by atomic mass is 10.2. The molecule has 5 aromatic heterocycles. The minimum absolute atomic E-state index is 0.441. The van der Waals surface area contributed by atoms with Crippen LogP contribution in [0.25, 0.3) is 46.1 Å². The Morgan fingerprint density at radius 3 is 1.45 bits per heavy atom. The highest BCUT2D eigenvalue weighted by Crippen LogP contribution is 2.28. The molecule has 0 atom stereocenters. The Morgan fingerprint density at radius 1 is 0.571 bits per heavy atom.